The number of hydrogen-bond acceptors (Lipinski definition) is 5. The molecule has 1 amide bonds. The Morgan fingerprint density at radius 1 is 1.42 bits per heavy atom. The summed E-state index contributed by atoms with van der Waals surface area (Å²) in [5.74, 6) is 0.0366. The second kappa shape index (κ2) is 6.12. The maximum atomic E-state index is 12.3. The van der Waals surface area contributed by atoms with Crippen LogP contribution in [0.1, 0.15) is 13.8 Å². The van der Waals surface area contributed by atoms with Gasteiger partial charge in [-0.1, -0.05) is 5.21 Å². The molecule has 1 saturated heterocycles. The van der Waals surface area contributed by atoms with Crippen molar-refractivity contribution < 1.29 is 9.53 Å². The van der Waals surface area contributed by atoms with Crippen LogP contribution >= 0.6 is 0 Å². The highest BCUT2D eigenvalue weighted by molar-refractivity contribution is 5.85. The van der Waals surface area contributed by atoms with Gasteiger partial charge >= 0.3 is 0 Å². The van der Waals surface area contributed by atoms with Gasteiger partial charge in [-0.3, -0.25) is 14.4 Å². The van der Waals surface area contributed by atoms with E-state index < -0.39 is 5.54 Å². The number of aromatic nitrogens is 3. The Labute approximate surface area is 112 Å². The van der Waals surface area contributed by atoms with E-state index in [1.54, 1.807) is 17.1 Å². The third-order valence-corrected chi connectivity index (χ3v) is 3.46. The molecule has 19 heavy (non-hydrogen) atoms. The minimum Gasteiger partial charge on any atom is -0.379 e. The fraction of sp³-hybridized carbons (Fsp3) is 0.750. The SMILES string of the molecule is CC(C)(C(=O)NCCn1ccnn1)N1CCOCC1. The Morgan fingerprint density at radius 3 is 2.79 bits per heavy atom. The molecule has 1 fully saturated rings. The van der Waals surface area contributed by atoms with E-state index in [2.05, 4.69) is 20.5 Å². The Bertz CT molecular complexity index is 398. The predicted octanol–water partition coefficient (Wildman–Crippen LogP) is -0.495. The number of nitrogens with one attached hydrogen (secondary N) is 1. The van der Waals surface area contributed by atoms with Crippen LogP contribution in [0.2, 0.25) is 0 Å². The van der Waals surface area contributed by atoms with Crippen LogP contribution in [0.15, 0.2) is 12.4 Å². The maximum absolute atomic E-state index is 12.3. The van der Waals surface area contributed by atoms with Gasteiger partial charge in [0.25, 0.3) is 0 Å². The first kappa shape index (κ1) is 14.0. The van der Waals surface area contributed by atoms with Gasteiger partial charge in [0.05, 0.1) is 31.5 Å². The molecule has 0 radical (unpaired) electrons. The van der Waals surface area contributed by atoms with Gasteiger partial charge < -0.3 is 10.1 Å². The second-order valence-electron chi connectivity index (χ2n) is 5.08. The second-order valence-corrected chi connectivity index (χ2v) is 5.08. The van der Waals surface area contributed by atoms with Gasteiger partial charge in [0, 0.05) is 25.8 Å². The van der Waals surface area contributed by atoms with Crippen molar-refractivity contribution in [2.45, 2.75) is 25.9 Å². The predicted molar refractivity (Wildman–Crippen MR) is 69.5 cm³/mol. The minimum absolute atomic E-state index is 0.0366. The third kappa shape index (κ3) is 3.51. The lowest BCUT2D eigenvalue weighted by atomic mass is 10.0. The van der Waals surface area contributed by atoms with Crippen molar-refractivity contribution in [1.29, 1.82) is 0 Å². The molecular weight excluding hydrogens is 246 g/mol. The van der Waals surface area contributed by atoms with Crippen LogP contribution in [-0.4, -0.2) is 64.2 Å². The van der Waals surface area contributed by atoms with E-state index in [1.165, 1.54) is 0 Å². The lowest BCUT2D eigenvalue weighted by Gasteiger charge is -2.39. The van der Waals surface area contributed by atoms with E-state index in [0.29, 0.717) is 26.3 Å². The zero-order valence-electron chi connectivity index (χ0n) is 11.5. The van der Waals surface area contributed by atoms with Crippen molar-refractivity contribution in [3.05, 3.63) is 12.4 Å². The average molecular weight is 267 g/mol. The van der Waals surface area contributed by atoms with Gasteiger partial charge in [-0.2, -0.15) is 0 Å². The Kier molecular flexibility index (Phi) is 4.49. The molecule has 1 aromatic heterocycles. The van der Waals surface area contributed by atoms with E-state index in [-0.39, 0.29) is 5.91 Å². The fourth-order valence-corrected chi connectivity index (χ4v) is 2.12. The number of nitrogens with zero attached hydrogens (tertiary/aromatic N) is 4. The largest absolute Gasteiger partial charge is 0.379 e. The van der Waals surface area contributed by atoms with Gasteiger partial charge in [0.1, 0.15) is 0 Å². The van der Waals surface area contributed by atoms with Crippen LogP contribution < -0.4 is 5.32 Å². The molecular formula is C12H21N5O2. The molecule has 1 N–H and O–H groups in total. The summed E-state index contributed by atoms with van der Waals surface area (Å²) in [6.07, 6.45) is 3.40. The molecule has 7 heteroatoms. The molecule has 0 unspecified atom stereocenters. The first-order chi connectivity index (χ1) is 9.10. The number of morpholine rings is 1. The van der Waals surface area contributed by atoms with Crippen LogP contribution in [0.4, 0.5) is 0 Å². The molecule has 106 valence electrons. The highest BCUT2D eigenvalue weighted by atomic mass is 16.5. The van der Waals surface area contributed by atoms with Crippen molar-refractivity contribution in [3.63, 3.8) is 0 Å². The highest BCUT2D eigenvalue weighted by Crippen LogP contribution is 2.16. The smallest absolute Gasteiger partial charge is 0.240 e. The summed E-state index contributed by atoms with van der Waals surface area (Å²) in [4.78, 5) is 14.4. The molecule has 1 aliphatic rings. The summed E-state index contributed by atoms with van der Waals surface area (Å²) >= 11 is 0. The molecule has 2 rings (SSSR count). The fourth-order valence-electron chi connectivity index (χ4n) is 2.12. The quantitative estimate of drug-likeness (QED) is 0.779. The molecule has 0 bridgehead atoms. The summed E-state index contributed by atoms with van der Waals surface area (Å²) < 4.78 is 7.01. The van der Waals surface area contributed by atoms with Crippen molar-refractivity contribution in [2.24, 2.45) is 0 Å². The zero-order valence-corrected chi connectivity index (χ0v) is 11.5. The average Bonchev–Trinajstić information content (AvgIpc) is 2.93. The molecule has 1 aromatic rings. The molecule has 7 nitrogen and oxygen atoms in total. The number of hydrogen-bond donors (Lipinski definition) is 1. The summed E-state index contributed by atoms with van der Waals surface area (Å²) in [7, 11) is 0. The summed E-state index contributed by atoms with van der Waals surface area (Å²) in [6.45, 7) is 8.05. The standard InChI is InChI=1S/C12H21N5O2/c1-12(2,16-7-9-19-10-8-16)11(18)13-3-5-17-6-4-14-15-17/h4,6H,3,5,7-10H2,1-2H3,(H,13,18). The van der Waals surface area contributed by atoms with E-state index in [0.717, 1.165) is 13.1 Å². The number of carbonyl (C=O) groups excluding carboxylic acids is 1. The Hall–Kier alpha value is -1.47. The maximum Gasteiger partial charge on any atom is 0.240 e. The summed E-state index contributed by atoms with van der Waals surface area (Å²) in [5, 5.41) is 10.5. The normalized spacial score (nSPS) is 17.4. The topological polar surface area (TPSA) is 72.3 Å². The molecule has 0 atom stereocenters. The Balaban J connectivity index is 1.80. The van der Waals surface area contributed by atoms with E-state index in [4.69, 9.17) is 4.74 Å². The first-order valence-corrected chi connectivity index (χ1v) is 6.56. The molecule has 2 heterocycles. The van der Waals surface area contributed by atoms with Gasteiger partial charge in [-0.15, -0.1) is 5.10 Å². The van der Waals surface area contributed by atoms with Gasteiger partial charge in [-0.05, 0) is 13.8 Å². The number of rotatable bonds is 5. The molecule has 0 aliphatic carbocycles. The molecule has 0 aromatic carbocycles. The lowest BCUT2D eigenvalue weighted by molar-refractivity contribution is -0.134. The van der Waals surface area contributed by atoms with Crippen LogP contribution in [0.25, 0.3) is 0 Å². The van der Waals surface area contributed by atoms with Gasteiger partial charge in [0.2, 0.25) is 5.91 Å². The van der Waals surface area contributed by atoms with Crippen LogP contribution in [0, 0.1) is 0 Å². The van der Waals surface area contributed by atoms with Crippen molar-refractivity contribution in [2.75, 3.05) is 32.8 Å². The number of ether oxygens (including phenoxy) is 1. The van der Waals surface area contributed by atoms with Crippen LogP contribution in [-0.2, 0) is 16.1 Å². The van der Waals surface area contributed by atoms with Crippen LogP contribution in [0.5, 0.6) is 0 Å². The molecule has 0 spiro atoms. The van der Waals surface area contributed by atoms with Gasteiger partial charge in [-0.25, -0.2) is 0 Å². The number of amides is 1. The Morgan fingerprint density at radius 2 is 2.16 bits per heavy atom. The van der Waals surface area contributed by atoms with Gasteiger partial charge in [0.15, 0.2) is 0 Å². The molecule has 1 aliphatic heterocycles. The zero-order chi connectivity index (χ0) is 13.7. The minimum atomic E-state index is -0.508. The van der Waals surface area contributed by atoms with Crippen molar-refractivity contribution in [3.8, 4) is 0 Å². The highest BCUT2D eigenvalue weighted by Gasteiger charge is 2.35. The van der Waals surface area contributed by atoms with Crippen LogP contribution in [0.3, 0.4) is 0 Å². The van der Waals surface area contributed by atoms with E-state index in [1.807, 2.05) is 13.8 Å². The lowest BCUT2D eigenvalue weighted by Crippen LogP contribution is -2.58. The summed E-state index contributed by atoms with van der Waals surface area (Å²) in [6, 6.07) is 0. The van der Waals surface area contributed by atoms with Crippen molar-refractivity contribution in [1.82, 2.24) is 25.2 Å². The number of carbonyl (C=O) groups is 1. The monoisotopic (exact) mass is 267 g/mol. The third-order valence-electron chi connectivity index (χ3n) is 3.46. The van der Waals surface area contributed by atoms with E-state index >= 15 is 0 Å². The molecule has 0 saturated carbocycles. The summed E-state index contributed by atoms with van der Waals surface area (Å²) in [5.41, 5.74) is -0.508. The first-order valence-electron chi connectivity index (χ1n) is 6.56. The van der Waals surface area contributed by atoms with E-state index in [9.17, 15) is 4.79 Å². The van der Waals surface area contributed by atoms with Crippen molar-refractivity contribution >= 4 is 5.91 Å².